The zero-order chi connectivity index (χ0) is 7.68. The largest absolute Gasteiger partial charge is 0.279 e. The van der Waals surface area contributed by atoms with E-state index in [2.05, 4.69) is 25.2 Å². The van der Waals surface area contributed by atoms with Gasteiger partial charge in [-0.25, -0.2) is 9.98 Å². The van der Waals surface area contributed by atoms with Crippen molar-refractivity contribution in [3.05, 3.63) is 0 Å². The third-order valence-electron chi connectivity index (χ3n) is 1.28. The fourth-order valence-electron chi connectivity index (χ4n) is 0.789. The number of rotatable bonds is 0. The average molecular weight is 149 g/mol. The maximum Gasteiger partial charge on any atom is 0.279 e. The van der Waals surface area contributed by atoms with Crippen molar-refractivity contribution in [3.8, 4) is 0 Å². The van der Waals surface area contributed by atoms with Crippen LogP contribution in [0, 0.1) is 0 Å². The number of carbonyl (C=O) groups is 1. The summed E-state index contributed by atoms with van der Waals surface area (Å²) in [5.41, 5.74) is 0. The van der Waals surface area contributed by atoms with Crippen LogP contribution >= 0.6 is 0 Å². The van der Waals surface area contributed by atoms with Crippen LogP contribution in [-0.4, -0.2) is 30.5 Å². The zero-order valence-corrected chi connectivity index (χ0v) is 5.38. The number of fused-ring (bicyclic) bond motifs is 1. The van der Waals surface area contributed by atoms with Gasteiger partial charge in [0.1, 0.15) is 12.7 Å². The van der Waals surface area contributed by atoms with E-state index in [9.17, 15) is 4.79 Å². The Morgan fingerprint density at radius 1 is 1.36 bits per heavy atom. The van der Waals surface area contributed by atoms with Crippen LogP contribution in [0.4, 0.5) is 0 Å². The lowest BCUT2D eigenvalue weighted by atomic mass is 10.2. The molecule has 2 rings (SSSR count). The fraction of sp³-hybridized carbons (Fsp3) is 0.200. The number of nitrogens with zero attached hydrogens (tertiary/aromatic N) is 5. The summed E-state index contributed by atoms with van der Waals surface area (Å²) in [6.45, 7) is 0. The fourth-order valence-corrected chi connectivity index (χ4v) is 0.789. The van der Waals surface area contributed by atoms with Crippen molar-refractivity contribution in [1.29, 1.82) is 0 Å². The molecule has 0 aliphatic carbocycles. The van der Waals surface area contributed by atoms with Crippen molar-refractivity contribution in [2.45, 2.75) is 6.04 Å². The SMILES string of the molecule is O=C1N=CN=C2N=NC=NC12. The number of carbonyl (C=O) groups excluding carboxylic acids is 1. The van der Waals surface area contributed by atoms with Gasteiger partial charge in [-0.15, -0.1) is 10.2 Å². The molecule has 6 nitrogen and oxygen atoms in total. The predicted molar refractivity (Wildman–Crippen MR) is 38.1 cm³/mol. The molecule has 54 valence electrons. The molecule has 1 atom stereocenters. The van der Waals surface area contributed by atoms with Gasteiger partial charge in [0, 0.05) is 0 Å². The molecule has 0 bridgehead atoms. The number of azo groups is 1. The van der Waals surface area contributed by atoms with E-state index in [1.165, 1.54) is 6.34 Å². The minimum atomic E-state index is -0.655. The number of hydrogen-bond acceptors (Lipinski definition) is 5. The minimum absolute atomic E-state index is 0.313. The van der Waals surface area contributed by atoms with Crippen LogP contribution in [0.25, 0.3) is 0 Å². The van der Waals surface area contributed by atoms with E-state index in [-0.39, 0.29) is 5.91 Å². The highest BCUT2D eigenvalue weighted by atomic mass is 16.1. The van der Waals surface area contributed by atoms with Gasteiger partial charge in [0.15, 0.2) is 11.9 Å². The highest BCUT2D eigenvalue weighted by Crippen LogP contribution is 2.07. The summed E-state index contributed by atoms with van der Waals surface area (Å²) in [7, 11) is 0. The number of aliphatic imine (C=N–C) groups is 3. The summed E-state index contributed by atoms with van der Waals surface area (Å²) in [5, 5.41) is 7.10. The highest BCUT2D eigenvalue weighted by Gasteiger charge is 2.26. The van der Waals surface area contributed by atoms with Gasteiger partial charge in [-0.05, 0) is 0 Å². The number of amidine groups is 1. The van der Waals surface area contributed by atoms with Crippen molar-refractivity contribution in [1.82, 2.24) is 0 Å². The van der Waals surface area contributed by atoms with Gasteiger partial charge in [-0.2, -0.15) is 4.99 Å². The van der Waals surface area contributed by atoms with Crippen LogP contribution in [0.5, 0.6) is 0 Å². The van der Waals surface area contributed by atoms with Crippen LogP contribution in [0.2, 0.25) is 0 Å². The topological polar surface area (TPSA) is 78.9 Å². The Morgan fingerprint density at radius 2 is 2.27 bits per heavy atom. The summed E-state index contributed by atoms with van der Waals surface area (Å²) in [4.78, 5) is 21.9. The molecule has 0 saturated heterocycles. The molecule has 0 N–H and O–H groups in total. The second kappa shape index (κ2) is 2.15. The van der Waals surface area contributed by atoms with Gasteiger partial charge in [0.2, 0.25) is 0 Å². The molecule has 1 unspecified atom stereocenters. The quantitative estimate of drug-likeness (QED) is 0.470. The predicted octanol–water partition coefficient (Wildman–Crippen LogP) is -0.184. The Kier molecular flexibility index (Phi) is 1.18. The molecule has 1 amide bonds. The lowest BCUT2D eigenvalue weighted by Gasteiger charge is -2.10. The van der Waals surface area contributed by atoms with Crippen molar-refractivity contribution < 1.29 is 4.79 Å². The number of hydrogen-bond donors (Lipinski definition) is 0. The number of amides is 1. The van der Waals surface area contributed by atoms with E-state index in [1.54, 1.807) is 0 Å². The molecule has 11 heavy (non-hydrogen) atoms. The molecule has 0 aromatic rings. The Labute approximate surface area is 61.5 Å². The van der Waals surface area contributed by atoms with Crippen LogP contribution in [-0.2, 0) is 4.79 Å². The minimum Gasteiger partial charge on any atom is -0.269 e. The monoisotopic (exact) mass is 149 g/mol. The first kappa shape index (κ1) is 6.02. The first-order valence-corrected chi connectivity index (χ1v) is 2.94. The van der Waals surface area contributed by atoms with Gasteiger partial charge < -0.3 is 0 Å². The first-order valence-electron chi connectivity index (χ1n) is 2.94. The van der Waals surface area contributed by atoms with E-state index in [4.69, 9.17) is 0 Å². The summed E-state index contributed by atoms with van der Waals surface area (Å²) in [5.74, 6) is -0.0302. The third kappa shape index (κ3) is 0.878. The molecular weight excluding hydrogens is 146 g/mol. The molecule has 2 aliphatic rings. The standard InChI is InChI=1S/C5H3N5O/c11-5-3-4(7-1-8-5)10-9-2-6-3/h1-3H. The van der Waals surface area contributed by atoms with E-state index in [0.29, 0.717) is 5.84 Å². The molecule has 0 fully saturated rings. The molecule has 2 heterocycles. The van der Waals surface area contributed by atoms with Crippen LogP contribution in [0.15, 0.2) is 25.2 Å². The molecule has 0 saturated carbocycles. The Balaban J connectivity index is 2.43. The summed E-state index contributed by atoms with van der Waals surface area (Å²) >= 11 is 0. The van der Waals surface area contributed by atoms with Crippen LogP contribution < -0.4 is 0 Å². The normalized spacial score (nSPS) is 26.7. The van der Waals surface area contributed by atoms with Crippen LogP contribution in [0.1, 0.15) is 0 Å². The zero-order valence-electron chi connectivity index (χ0n) is 5.38. The van der Waals surface area contributed by atoms with E-state index in [1.807, 2.05) is 0 Å². The van der Waals surface area contributed by atoms with E-state index in [0.717, 1.165) is 6.34 Å². The Morgan fingerprint density at radius 3 is 3.09 bits per heavy atom. The van der Waals surface area contributed by atoms with Gasteiger partial charge in [-0.3, -0.25) is 4.79 Å². The summed E-state index contributed by atoms with van der Waals surface area (Å²) in [6.07, 6.45) is 2.39. The van der Waals surface area contributed by atoms with Gasteiger partial charge >= 0.3 is 0 Å². The van der Waals surface area contributed by atoms with Crippen molar-refractivity contribution in [2.24, 2.45) is 25.2 Å². The molecule has 0 aromatic carbocycles. The highest BCUT2D eigenvalue weighted by molar-refractivity contribution is 6.15. The molecule has 0 spiro atoms. The molecular formula is C5H3N5O. The Hall–Kier alpha value is -1.72. The maximum atomic E-state index is 10.9. The summed E-state index contributed by atoms with van der Waals surface area (Å²) in [6, 6.07) is -0.655. The van der Waals surface area contributed by atoms with E-state index >= 15 is 0 Å². The van der Waals surface area contributed by atoms with E-state index < -0.39 is 6.04 Å². The molecule has 6 heteroatoms. The lowest BCUT2D eigenvalue weighted by molar-refractivity contribution is -0.117. The summed E-state index contributed by atoms with van der Waals surface area (Å²) < 4.78 is 0. The molecule has 0 aromatic heterocycles. The molecule has 0 radical (unpaired) electrons. The first-order chi connectivity index (χ1) is 5.38. The van der Waals surface area contributed by atoms with Crippen molar-refractivity contribution >= 4 is 24.4 Å². The second-order valence-corrected chi connectivity index (χ2v) is 1.95. The smallest absolute Gasteiger partial charge is 0.269 e. The average Bonchev–Trinajstić information content (AvgIpc) is 2.06. The van der Waals surface area contributed by atoms with Gasteiger partial charge in [0.05, 0.1) is 0 Å². The molecule has 2 aliphatic heterocycles. The van der Waals surface area contributed by atoms with Crippen LogP contribution in [0.3, 0.4) is 0 Å². The van der Waals surface area contributed by atoms with Crippen molar-refractivity contribution in [3.63, 3.8) is 0 Å². The Bertz CT molecular complexity index is 313. The maximum absolute atomic E-state index is 10.9. The second-order valence-electron chi connectivity index (χ2n) is 1.95. The van der Waals surface area contributed by atoms with Gasteiger partial charge in [0.25, 0.3) is 5.91 Å². The van der Waals surface area contributed by atoms with Crippen molar-refractivity contribution in [2.75, 3.05) is 0 Å². The third-order valence-corrected chi connectivity index (χ3v) is 1.28. The lowest BCUT2D eigenvalue weighted by Crippen LogP contribution is -2.30. The van der Waals surface area contributed by atoms with Gasteiger partial charge in [-0.1, -0.05) is 0 Å².